The quantitative estimate of drug-likeness (QED) is 0.811. The lowest BCUT2D eigenvalue weighted by molar-refractivity contribution is -0.141. The van der Waals surface area contributed by atoms with Crippen LogP contribution < -0.4 is 10.9 Å². The normalized spacial score (nSPS) is 29.1. The predicted octanol–water partition coefficient (Wildman–Crippen LogP) is 2.13. The number of hydrogen-bond acceptors (Lipinski definition) is 5. The summed E-state index contributed by atoms with van der Waals surface area (Å²) >= 11 is 1.71. The highest BCUT2D eigenvalue weighted by Crippen LogP contribution is 2.48. The lowest BCUT2D eigenvalue weighted by Gasteiger charge is -2.36. The topological polar surface area (TPSA) is 64.7 Å². The SMILES string of the molecule is O=C(C1CC(c2cccs2)NN1)N1CCN(C(=O)C2CC2c2ccccc2)CC1. The van der Waals surface area contributed by atoms with Crippen LogP contribution in [-0.2, 0) is 9.59 Å². The van der Waals surface area contributed by atoms with E-state index in [2.05, 4.69) is 34.4 Å². The van der Waals surface area contributed by atoms with Gasteiger partial charge in [-0.3, -0.25) is 9.59 Å². The number of hydrogen-bond donors (Lipinski definition) is 2. The molecule has 4 atom stereocenters. The summed E-state index contributed by atoms with van der Waals surface area (Å²) < 4.78 is 0. The Morgan fingerprint density at radius 3 is 2.28 bits per heavy atom. The third kappa shape index (κ3) is 3.82. The molecule has 3 aliphatic rings. The van der Waals surface area contributed by atoms with Crippen LogP contribution in [0.25, 0.3) is 0 Å². The van der Waals surface area contributed by atoms with Crippen molar-refractivity contribution in [3.05, 3.63) is 58.3 Å². The van der Waals surface area contributed by atoms with Gasteiger partial charge < -0.3 is 9.80 Å². The van der Waals surface area contributed by atoms with Crippen molar-refractivity contribution < 1.29 is 9.59 Å². The van der Waals surface area contributed by atoms with Gasteiger partial charge in [0.25, 0.3) is 0 Å². The highest BCUT2D eigenvalue weighted by atomic mass is 32.1. The van der Waals surface area contributed by atoms with Crippen molar-refractivity contribution in [2.45, 2.75) is 30.8 Å². The minimum absolute atomic E-state index is 0.118. The van der Waals surface area contributed by atoms with Crippen molar-refractivity contribution in [3.8, 4) is 0 Å². The van der Waals surface area contributed by atoms with Gasteiger partial charge in [-0.05, 0) is 35.8 Å². The molecule has 6 nitrogen and oxygen atoms in total. The fourth-order valence-corrected chi connectivity index (χ4v) is 5.32. The molecular formula is C22H26N4O2S. The number of benzene rings is 1. The number of thiophene rings is 1. The lowest BCUT2D eigenvalue weighted by atomic mass is 10.1. The van der Waals surface area contributed by atoms with Crippen molar-refractivity contribution in [1.82, 2.24) is 20.7 Å². The van der Waals surface area contributed by atoms with Crippen molar-refractivity contribution in [2.75, 3.05) is 26.2 Å². The van der Waals surface area contributed by atoms with Crippen LogP contribution in [0, 0.1) is 5.92 Å². The number of nitrogens with zero attached hydrogens (tertiary/aromatic N) is 2. The second-order valence-electron chi connectivity index (χ2n) is 8.15. The molecule has 3 fully saturated rings. The van der Waals surface area contributed by atoms with Gasteiger partial charge in [-0.15, -0.1) is 11.3 Å². The van der Waals surface area contributed by atoms with Gasteiger partial charge in [-0.2, -0.15) is 0 Å². The third-order valence-electron chi connectivity index (χ3n) is 6.33. The van der Waals surface area contributed by atoms with Gasteiger partial charge in [0, 0.05) is 37.0 Å². The van der Waals surface area contributed by atoms with Crippen molar-refractivity contribution in [3.63, 3.8) is 0 Å². The molecule has 29 heavy (non-hydrogen) atoms. The summed E-state index contributed by atoms with van der Waals surface area (Å²) in [5.74, 6) is 0.875. The summed E-state index contributed by atoms with van der Waals surface area (Å²) in [7, 11) is 0. The number of rotatable bonds is 4. The molecule has 2 aliphatic heterocycles. The predicted molar refractivity (Wildman–Crippen MR) is 112 cm³/mol. The van der Waals surface area contributed by atoms with Crippen LogP contribution in [0.4, 0.5) is 0 Å². The molecule has 2 N–H and O–H groups in total. The zero-order valence-corrected chi connectivity index (χ0v) is 17.1. The molecular weight excluding hydrogens is 384 g/mol. The largest absolute Gasteiger partial charge is 0.339 e. The van der Waals surface area contributed by atoms with Crippen LogP contribution in [0.3, 0.4) is 0 Å². The smallest absolute Gasteiger partial charge is 0.241 e. The van der Waals surface area contributed by atoms with E-state index >= 15 is 0 Å². The molecule has 1 aliphatic carbocycles. The Labute approximate surface area is 174 Å². The average Bonchev–Trinajstić information content (AvgIpc) is 3.15. The summed E-state index contributed by atoms with van der Waals surface area (Å²) in [4.78, 5) is 30.9. The second kappa shape index (κ2) is 7.89. The van der Waals surface area contributed by atoms with Gasteiger partial charge in [0.1, 0.15) is 6.04 Å². The average molecular weight is 411 g/mol. The first-order chi connectivity index (χ1) is 14.2. The first-order valence-electron chi connectivity index (χ1n) is 10.4. The minimum atomic E-state index is -0.199. The zero-order chi connectivity index (χ0) is 19.8. The molecule has 2 saturated heterocycles. The van der Waals surface area contributed by atoms with E-state index in [0.29, 0.717) is 32.1 Å². The zero-order valence-electron chi connectivity index (χ0n) is 16.3. The van der Waals surface area contributed by atoms with Crippen LogP contribution in [0.15, 0.2) is 47.8 Å². The summed E-state index contributed by atoms with van der Waals surface area (Å²) in [5.41, 5.74) is 7.67. The maximum absolute atomic E-state index is 12.9. The molecule has 5 rings (SSSR count). The van der Waals surface area contributed by atoms with Gasteiger partial charge >= 0.3 is 0 Å². The van der Waals surface area contributed by atoms with E-state index < -0.39 is 0 Å². The molecule has 2 aromatic rings. The van der Waals surface area contributed by atoms with Crippen molar-refractivity contribution >= 4 is 23.2 Å². The third-order valence-corrected chi connectivity index (χ3v) is 7.31. The van der Waals surface area contributed by atoms with E-state index in [4.69, 9.17) is 0 Å². The minimum Gasteiger partial charge on any atom is -0.339 e. The van der Waals surface area contributed by atoms with Crippen LogP contribution in [0.2, 0.25) is 0 Å². The highest BCUT2D eigenvalue weighted by Gasteiger charge is 2.46. The number of piperazine rings is 1. The van der Waals surface area contributed by atoms with Gasteiger partial charge in [0.05, 0.1) is 6.04 Å². The van der Waals surface area contributed by atoms with Crippen molar-refractivity contribution in [2.24, 2.45) is 5.92 Å². The number of carbonyl (C=O) groups is 2. The fourth-order valence-electron chi connectivity index (χ4n) is 4.53. The van der Waals surface area contributed by atoms with Crippen LogP contribution in [0.5, 0.6) is 0 Å². The van der Waals surface area contributed by atoms with E-state index in [9.17, 15) is 9.59 Å². The Hall–Kier alpha value is -2.22. The fraction of sp³-hybridized carbons (Fsp3) is 0.455. The van der Waals surface area contributed by atoms with E-state index in [0.717, 1.165) is 12.8 Å². The number of amides is 2. The molecule has 4 unspecified atom stereocenters. The molecule has 1 saturated carbocycles. The maximum atomic E-state index is 12.9. The summed E-state index contributed by atoms with van der Waals surface area (Å²) in [6.07, 6.45) is 1.71. The number of nitrogens with one attached hydrogen (secondary N) is 2. The molecule has 0 spiro atoms. The number of carbonyl (C=O) groups excluding carboxylic acids is 2. The van der Waals surface area contributed by atoms with Crippen LogP contribution in [-0.4, -0.2) is 53.8 Å². The molecule has 3 heterocycles. The Morgan fingerprint density at radius 2 is 1.59 bits per heavy atom. The molecule has 0 bridgehead atoms. The molecule has 152 valence electrons. The second-order valence-corrected chi connectivity index (χ2v) is 9.13. The monoisotopic (exact) mass is 410 g/mol. The van der Waals surface area contributed by atoms with Gasteiger partial charge in [0.15, 0.2) is 0 Å². The Morgan fingerprint density at radius 1 is 0.862 bits per heavy atom. The van der Waals surface area contributed by atoms with Gasteiger partial charge in [-0.25, -0.2) is 10.9 Å². The Kier molecular flexibility index (Phi) is 5.11. The van der Waals surface area contributed by atoms with E-state index in [1.165, 1.54) is 10.4 Å². The Balaban J connectivity index is 1.11. The summed E-state index contributed by atoms with van der Waals surface area (Å²) in [5, 5.41) is 2.06. The van der Waals surface area contributed by atoms with E-state index in [1.54, 1.807) is 11.3 Å². The highest BCUT2D eigenvalue weighted by molar-refractivity contribution is 7.10. The molecule has 1 aromatic heterocycles. The maximum Gasteiger partial charge on any atom is 0.241 e. The molecule has 2 amide bonds. The first kappa shape index (κ1) is 18.8. The van der Waals surface area contributed by atoms with Crippen molar-refractivity contribution in [1.29, 1.82) is 0 Å². The van der Waals surface area contributed by atoms with E-state index in [1.807, 2.05) is 34.1 Å². The van der Waals surface area contributed by atoms with Gasteiger partial charge in [0.2, 0.25) is 11.8 Å². The molecule has 7 heteroatoms. The number of hydrazine groups is 1. The molecule has 0 radical (unpaired) electrons. The Bertz CT molecular complexity index is 864. The summed E-state index contributed by atoms with van der Waals surface area (Å²) in [6, 6.07) is 14.4. The molecule has 1 aromatic carbocycles. The van der Waals surface area contributed by atoms with Gasteiger partial charge in [-0.1, -0.05) is 36.4 Å². The van der Waals surface area contributed by atoms with Crippen LogP contribution in [0.1, 0.15) is 35.2 Å². The van der Waals surface area contributed by atoms with Crippen LogP contribution >= 0.6 is 11.3 Å². The lowest BCUT2D eigenvalue weighted by Crippen LogP contribution is -2.55. The first-order valence-corrected chi connectivity index (χ1v) is 11.3. The van der Waals surface area contributed by atoms with E-state index in [-0.39, 0.29) is 29.8 Å². The standard InChI is InChI=1S/C22H26N4O2S/c27-21(17-13-16(17)15-5-2-1-3-6-15)25-8-10-26(11-9-25)22(28)19-14-18(23-24-19)20-7-4-12-29-20/h1-7,12,16-19,23-24H,8-11,13-14H2. The summed E-state index contributed by atoms with van der Waals surface area (Å²) in [6.45, 7) is 2.51.